The fourth-order valence-electron chi connectivity index (χ4n) is 1.36. The second-order valence-electron chi connectivity index (χ2n) is 4.05. The van der Waals surface area contributed by atoms with Gasteiger partial charge in [0.05, 0.1) is 17.3 Å². The number of hydrogen-bond donors (Lipinski definition) is 1. The fourth-order valence-corrected chi connectivity index (χ4v) is 2.36. The van der Waals surface area contributed by atoms with E-state index in [2.05, 4.69) is 4.98 Å². The number of benzene rings is 1. The van der Waals surface area contributed by atoms with Crippen LogP contribution in [0.4, 0.5) is 0 Å². The van der Waals surface area contributed by atoms with Gasteiger partial charge in [-0.25, -0.2) is 4.98 Å². The van der Waals surface area contributed by atoms with Crippen LogP contribution in [0.1, 0.15) is 18.9 Å². The zero-order valence-corrected chi connectivity index (χ0v) is 9.89. The van der Waals surface area contributed by atoms with Gasteiger partial charge in [-0.3, -0.25) is 0 Å². The van der Waals surface area contributed by atoms with Crippen LogP contribution in [-0.4, -0.2) is 12.1 Å². The Bertz CT molecular complexity index is 485. The summed E-state index contributed by atoms with van der Waals surface area (Å²) in [6, 6.07) is 5.91. The van der Waals surface area contributed by atoms with E-state index in [-0.39, 0.29) is 0 Å². The Labute approximate surface area is 92.9 Å². The molecule has 0 aliphatic heterocycles. The number of para-hydroxylation sites is 1. The van der Waals surface area contributed by atoms with Gasteiger partial charge in [0.15, 0.2) is 0 Å². The summed E-state index contributed by atoms with van der Waals surface area (Å²) in [5, 5.41) is 0.932. The van der Waals surface area contributed by atoms with E-state index >= 15 is 0 Å². The van der Waals surface area contributed by atoms with Crippen molar-refractivity contribution < 1.29 is 4.74 Å². The minimum atomic E-state index is -0.394. The molecule has 0 unspecified atom stereocenters. The lowest BCUT2D eigenvalue weighted by molar-refractivity contribution is 0.418. The van der Waals surface area contributed by atoms with E-state index in [4.69, 9.17) is 10.5 Å². The van der Waals surface area contributed by atoms with Gasteiger partial charge in [-0.05, 0) is 26.0 Å². The molecule has 1 aromatic heterocycles. The van der Waals surface area contributed by atoms with Gasteiger partial charge in [-0.1, -0.05) is 6.07 Å². The van der Waals surface area contributed by atoms with Crippen LogP contribution in [-0.2, 0) is 5.54 Å². The monoisotopic (exact) mass is 222 g/mol. The van der Waals surface area contributed by atoms with Crippen molar-refractivity contribution in [1.29, 1.82) is 0 Å². The first kappa shape index (κ1) is 10.4. The third kappa shape index (κ3) is 1.82. The van der Waals surface area contributed by atoms with Gasteiger partial charge in [0.1, 0.15) is 16.3 Å². The molecule has 0 bridgehead atoms. The maximum atomic E-state index is 6.02. The smallest absolute Gasteiger partial charge is 0.145 e. The van der Waals surface area contributed by atoms with Gasteiger partial charge in [-0.15, -0.1) is 11.3 Å². The summed E-state index contributed by atoms with van der Waals surface area (Å²) >= 11 is 1.62. The third-order valence-electron chi connectivity index (χ3n) is 2.15. The molecule has 2 N–H and O–H groups in total. The first-order valence-electron chi connectivity index (χ1n) is 4.75. The minimum Gasteiger partial charge on any atom is -0.494 e. The largest absolute Gasteiger partial charge is 0.494 e. The Kier molecular flexibility index (Phi) is 2.40. The molecule has 4 heteroatoms. The lowest BCUT2D eigenvalue weighted by Crippen LogP contribution is -2.28. The van der Waals surface area contributed by atoms with Crippen LogP contribution < -0.4 is 10.5 Å². The number of ether oxygens (including phenoxy) is 1. The molecule has 0 aliphatic carbocycles. The molecule has 3 nitrogen and oxygen atoms in total. The van der Waals surface area contributed by atoms with E-state index < -0.39 is 5.54 Å². The number of hydrogen-bond acceptors (Lipinski definition) is 4. The quantitative estimate of drug-likeness (QED) is 0.849. The molecule has 2 rings (SSSR count). The van der Waals surface area contributed by atoms with Gasteiger partial charge in [0, 0.05) is 0 Å². The van der Waals surface area contributed by atoms with Crippen molar-refractivity contribution in [2.24, 2.45) is 5.73 Å². The average Bonchev–Trinajstić information content (AvgIpc) is 2.59. The maximum absolute atomic E-state index is 6.02. The van der Waals surface area contributed by atoms with E-state index in [0.717, 1.165) is 21.0 Å². The lowest BCUT2D eigenvalue weighted by Gasteiger charge is -2.13. The molecular weight excluding hydrogens is 208 g/mol. The Morgan fingerprint density at radius 1 is 1.40 bits per heavy atom. The molecule has 0 aliphatic rings. The van der Waals surface area contributed by atoms with Crippen molar-refractivity contribution in [3.8, 4) is 5.75 Å². The summed E-state index contributed by atoms with van der Waals surface area (Å²) in [7, 11) is 1.65. The van der Waals surface area contributed by atoms with E-state index in [1.165, 1.54) is 0 Å². The molecule has 0 amide bonds. The van der Waals surface area contributed by atoms with Gasteiger partial charge in [0.2, 0.25) is 0 Å². The van der Waals surface area contributed by atoms with Crippen molar-refractivity contribution in [2.45, 2.75) is 19.4 Å². The van der Waals surface area contributed by atoms with Gasteiger partial charge >= 0.3 is 0 Å². The van der Waals surface area contributed by atoms with Crippen molar-refractivity contribution >= 4 is 21.6 Å². The van der Waals surface area contributed by atoms with Gasteiger partial charge in [0.25, 0.3) is 0 Å². The van der Waals surface area contributed by atoms with Crippen LogP contribution >= 0.6 is 11.3 Å². The molecule has 15 heavy (non-hydrogen) atoms. The molecule has 0 spiro atoms. The molecular formula is C11H14N2OS. The van der Waals surface area contributed by atoms with Crippen LogP contribution in [0.25, 0.3) is 10.2 Å². The van der Waals surface area contributed by atoms with E-state index in [1.54, 1.807) is 18.4 Å². The van der Waals surface area contributed by atoms with Crippen LogP contribution in [0.5, 0.6) is 5.75 Å². The van der Waals surface area contributed by atoms with Gasteiger partial charge < -0.3 is 10.5 Å². The summed E-state index contributed by atoms with van der Waals surface area (Å²) in [6.45, 7) is 3.91. The average molecular weight is 222 g/mol. The van der Waals surface area contributed by atoms with Crippen LogP contribution in [0, 0.1) is 0 Å². The third-order valence-corrected chi connectivity index (χ3v) is 3.51. The fraction of sp³-hybridized carbons (Fsp3) is 0.364. The van der Waals surface area contributed by atoms with Crippen molar-refractivity contribution in [3.63, 3.8) is 0 Å². The van der Waals surface area contributed by atoms with Crippen LogP contribution in [0.2, 0.25) is 0 Å². The van der Waals surface area contributed by atoms with E-state index in [0.29, 0.717) is 0 Å². The molecule has 0 saturated carbocycles. The predicted octanol–water partition coefficient (Wildman–Crippen LogP) is 2.50. The maximum Gasteiger partial charge on any atom is 0.145 e. The second-order valence-corrected chi connectivity index (χ2v) is 5.08. The summed E-state index contributed by atoms with van der Waals surface area (Å²) < 4.78 is 6.37. The summed E-state index contributed by atoms with van der Waals surface area (Å²) in [5.74, 6) is 0.805. The zero-order chi connectivity index (χ0) is 11.1. The highest BCUT2D eigenvalue weighted by atomic mass is 32.1. The molecule has 0 saturated heterocycles. The van der Waals surface area contributed by atoms with Crippen molar-refractivity contribution in [1.82, 2.24) is 4.98 Å². The predicted molar refractivity (Wildman–Crippen MR) is 63.4 cm³/mol. The molecule has 1 heterocycles. The Morgan fingerprint density at radius 3 is 2.73 bits per heavy atom. The molecule has 2 aromatic rings. The highest BCUT2D eigenvalue weighted by molar-refractivity contribution is 7.18. The first-order chi connectivity index (χ1) is 7.02. The second kappa shape index (κ2) is 3.47. The molecule has 0 radical (unpaired) electrons. The van der Waals surface area contributed by atoms with Crippen LogP contribution in [0.3, 0.4) is 0 Å². The standard InChI is InChI=1S/C11H14N2OS/c1-11(2,12)10-13-9-7(14-3)5-4-6-8(9)15-10/h4-6H,12H2,1-3H3. The number of nitrogens with two attached hydrogens (primary N) is 1. The zero-order valence-electron chi connectivity index (χ0n) is 9.07. The number of rotatable bonds is 2. The van der Waals surface area contributed by atoms with E-state index in [1.807, 2.05) is 32.0 Å². The van der Waals surface area contributed by atoms with Gasteiger partial charge in [-0.2, -0.15) is 0 Å². The number of fused-ring (bicyclic) bond motifs is 1. The number of thiazole rings is 1. The normalized spacial score (nSPS) is 12.0. The van der Waals surface area contributed by atoms with Crippen molar-refractivity contribution in [2.75, 3.05) is 7.11 Å². The summed E-state index contributed by atoms with van der Waals surface area (Å²) in [6.07, 6.45) is 0. The summed E-state index contributed by atoms with van der Waals surface area (Å²) in [5.41, 5.74) is 6.53. The SMILES string of the molecule is COc1cccc2sc(C(C)(C)N)nc12. The highest BCUT2D eigenvalue weighted by Gasteiger charge is 2.20. The van der Waals surface area contributed by atoms with Crippen molar-refractivity contribution in [3.05, 3.63) is 23.2 Å². The first-order valence-corrected chi connectivity index (χ1v) is 5.57. The number of nitrogens with zero attached hydrogens (tertiary/aromatic N) is 1. The molecule has 80 valence electrons. The molecule has 0 atom stereocenters. The topological polar surface area (TPSA) is 48.1 Å². The Morgan fingerprint density at radius 2 is 2.13 bits per heavy atom. The summed E-state index contributed by atoms with van der Waals surface area (Å²) in [4.78, 5) is 4.52. The Hall–Kier alpha value is -1.13. The van der Waals surface area contributed by atoms with Crippen LogP contribution in [0.15, 0.2) is 18.2 Å². The number of aromatic nitrogens is 1. The molecule has 0 fully saturated rings. The highest BCUT2D eigenvalue weighted by Crippen LogP contribution is 2.33. The molecule has 1 aromatic carbocycles. The Balaban J connectivity index is 2.65. The lowest BCUT2D eigenvalue weighted by atomic mass is 10.1. The van der Waals surface area contributed by atoms with E-state index in [9.17, 15) is 0 Å². The minimum absolute atomic E-state index is 0.394. The number of methoxy groups -OCH3 is 1.